The highest BCUT2D eigenvalue weighted by atomic mass is 127. The van der Waals surface area contributed by atoms with Crippen LogP contribution in [0, 0.1) is 0 Å². The number of nitrogens with zero attached hydrogens (tertiary/aromatic N) is 2. The normalized spacial score (nSPS) is 13.0. The minimum atomic E-state index is 0.943. The Morgan fingerprint density at radius 3 is 2.55 bits per heavy atom. The molecule has 0 bridgehead atoms. The van der Waals surface area contributed by atoms with Crippen LogP contribution in [0.1, 0.15) is 0 Å². The molecule has 0 atom stereocenters. The molecule has 0 spiro atoms. The number of aromatic nitrogens is 2. The third-order valence-corrected chi connectivity index (χ3v) is 8.24. The van der Waals surface area contributed by atoms with E-state index in [1.807, 2.05) is 17.4 Å². The van der Waals surface area contributed by atoms with E-state index in [1.54, 1.807) is 0 Å². The van der Waals surface area contributed by atoms with Gasteiger partial charge >= 0.3 is 0 Å². The van der Waals surface area contributed by atoms with Crippen molar-refractivity contribution in [1.29, 1.82) is 0 Å². The van der Waals surface area contributed by atoms with E-state index in [0.29, 0.717) is 0 Å². The van der Waals surface area contributed by atoms with Crippen molar-refractivity contribution >= 4 is 105 Å². The predicted molar refractivity (Wildman–Crippen MR) is 131 cm³/mol. The van der Waals surface area contributed by atoms with Gasteiger partial charge in [0, 0.05) is 26.9 Å². The van der Waals surface area contributed by atoms with Crippen molar-refractivity contribution < 1.29 is 4.42 Å². The molecule has 0 fully saturated rings. The van der Waals surface area contributed by atoms with Crippen LogP contribution in [0.15, 0.2) is 70.5 Å². The zero-order valence-corrected chi connectivity index (χ0v) is 17.9. The van der Waals surface area contributed by atoms with E-state index in [9.17, 15) is 0 Å². The van der Waals surface area contributed by atoms with Crippen LogP contribution < -0.4 is 0 Å². The van der Waals surface area contributed by atoms with Crippen LogP contribution in [0.2, 0.25) is 0 Å². The standard InChI is InChI=1S/C24H11IN2OS/c25-27-15-6-3-5-13-19(15)20-16(27)9-8-14-21(20)26(17-10-11-29-24(13)17)22-12-4-1-2-7-18(12)28-23(14)22/h1-11H. The Morgan fingerprint density at radius 2 is 1.59 bits per heavy atom. The van der Waals surface area contributed by atoms with Gasteiger partial charge in [-0.1, -0.05) is 24.3 Å². The van der Waals surface area contributed by atoms with E-state index in [2.05, 4.69) is 90.0 Å². The molecule has 0 aliphatic rings. The summed E-state index contributed by atoms with van der Waals surface area (Å²) in [6, 6.07) is 21.8. The molecule has 0 N–H and O–H groups in total. The summed E-state index contributed by atoms with van der Waals surface area (Å²) in [4.78, 5) is 0. The number of para-hydroxylation sites is 1. The maximum Gasteiger partial charge on any atom is 0.161 e. The summed E-state index contributed by atoms with van der Waals surface area (Å²) < 4.78 is 12.5. The Kier molecular flexibility index (Phi) is 2.53. The lowest BCUT2D eigenvalue weighted by molar-refractivity contribution is 0.673. The van der Waals surface area contributed by atoms with Crippen LogP contribution in [-0.2, 0) is 0 Å². The lowest BCUT2D eigenvalue weighted by atomic mass is 10.1. The molecule has 0 saturated carbocycles. The van der Waals surface area contributed by atoms with Gasteiger partial charge in [-0.15, -0.1) is 11.3 Å². The van der Waals surface area contributed by atoms with Gasteiger partial charge in [-0.25, -0.2) is 0 Å². The number of benzene rings is 3. The zero-order valence-electron chi connectivity index (χ0n) is 14.9. The van der Waals surface area contributed by atoms with Gasteiger partial charge in [-0.2, -0.15) is 0 Å². The quantitative estimate of drug-likeness (QED) is 0.193. The van der Waals surface area contributed by atoms with E-state index >= 15 is 0 Å². The minimum Gasteiger partial charge on any atom is -0.454 e. The van der Waals surface area contributed by atoms with Crippen LogP contribution in [0.4, 0.5) is 0 Å². The van der Waals surface area contributed by atoms with Gasteiger partial charge in [-0.05, 0) is 41.8 Å². The number of thiophene rings is 1. The fourth-order valence-corrected chi connectivity index (χ4v) is 6.87. The van der Waals surface area contributed by atoms with Crippen LogP contribution in [0.5, 0.6) is 0 Å². The molecule has 5 heteroatoms. The molecule has 0 aliphatic heterocycles. The first-order valence-electron chi connectivity index (χ1n) is 9.49. The maximum atomic E-state index is 6.40. The smallest absolute Gasteiger partial charge is 0.161 e. The lowest BCUT2D eigenvalue weighted by Crippen LogP contribution is -1.84. The van der Waals surface area contributed by atoms with Crippen LogP contribution in [0.3, 0.4) is 0 Å². The third-order valence-electron chi connectivity index (χ3n) is 6.26. The first-order valence-corrected chi connectivity index (χ1v) is 11.3. The van der Waals surface area contributed by atoms with Gasteiger partial charge in [0.1, 0.15) is 11.1 Å². The summed E-state index contributed by atoms with van der Waals surface area (Å²) in [6.07, 6.45) is 0. The Balaban J connectivity index is 1.92. The largest absolute Gasteiger partial charge is 0.454 e. The summed E-state index contributed by atoms with van der Waals surface area (Å²) in [6.45, 7) is 0. The molecule has 8 aromatic rings. The van der Waals surface area contributed by atoms with Gasteiger partial charge < -0.3 is 8.82 Å². The van der Waals surface area contributed by atoms with Gasteiger partial charge in [-0.3, -0.25) is 2.78 Å². The molecule has 29 heavy (non-hydrogen) atoms. The summed E-state index contributed by atoms with van der Waals surface area (Å²) >= 11 is 4.25. The Morgan fingerprint density at radius 1 is 0.724 bits per heavy atom. The average molecular weight is 502 g/mol. The topological polar surface area (TPSA) is 22.5 Å². The van der Waals surface area contributed by atoms with Crippen molar-refractivity contribution in [3.63, 3.8) is 0 Å². The average Bonchev–Trinajstić information content (AvgIpc) is 3.48. The van der Waals surface area contributed by atoms with Crippen molar-refractivity contribution in [2.75, 3.05) is 0 Å². The Hall–Kier alpha value is -2.77. The molecule has 136 valence electrons. The van der Waals surface area contributed by atoms with Gasteiger partial charge in [0.25, 0.3) is 0 Å². The zero-order chi connectivity index (χ0) is 18.9. The molecule has 5 aromatic heterocycles. The molecule has 0 amide bonds. The molecule has 3 nitrogen and oxygen atoms in total. The number of hydrogen-bond donors (Lipinski definition) is 0. The second kappa shape index (κ2) is 4.86. The second-order valence-corrected chi connectivity index (χ2v) is 9.46. The molecule has 0 unspecified atom stereocenters. The molecule has 8 rings (SSSR count). The van der Waals surface area contributed by atoms with Crippen LogP contribution >= 0.6 is 34.2 Å². The fourth-order valence-electron chi connectivity index (χ4n) is 5.16. The van der Waals surface area contributed by atoms with Crippen molar-refractivity contribution in [1.82, 2.24) is 7.18 Å². The summed E-state index contributed by atoms with van der Waals surface area (Å²) in [5, 5.41) is 8.54. The molecule has 5 heterocycles. The molecular weight excluding hydrogens is 491 g/mol. The molecule has 3 aromatic carbocycles. The molecule has 0 saturated heterocycles. The van der Waals surface area contributed by atoms with Gasteiger partial charge in [0.05, 0.1) is 49.6 Å². The van der Waals surface area contributed by atoms with Crippen molar-refractivity contribution in [2.45, 2.75) is 0 Å². The van der Waals surface area contributed by atoms with E-state index in [1.165, 1.54) is 59.2 Å². The number of halogens is 1. The molecule has 0 aliphatic carbocycles. The third kappa shape index (κ3) is 1.57. The van der Waals surface area contributed by atoms with E-state index in [4.69, 9.17) is 4.42 Å². The highest BCUT2D eigenvalue weighted by Gasteiger charge is 2.24. The van der Waals surface area contributed by atoms with E-state index < -0.39 is 0 Å². The number of fused-ring (bicyclic) bond motifs is 8. The fraction of sp³-hybridized carbons (Fsp3) is 0. The Labute approximate surface area is 181 Å². The Bertz CT molecular complexity index is 1930. The minimum absolute atomic E-state index is 0.943. The monoisotopic (exact) mass is 502 g/mol. The predicted octanol–water partition coefficient (Wildman–Crippen LogP) is 7.95. The molecule has 0 radical (unpaired) electrons. The number of rotatable bonds is 0. The first-order chi connectivity index (χ1) is 14.3. The maximum absolute atomic E-state index is 6.40. The van der Waals surface area contributed by atoms with Gasteiger partial charge in [0.2, 0.25) is 0 Å². The lowest BCUT2D eigenvalue weighted by Gasteiger charge is -2.00. The number of hydrogen-bond acceptors (Lipinski definition) is 2. The van der Waals surface area contributed by atoms with Crippen LogP contribution in [0.25, 0.3) is 70.4 Å². The van der Waals surface area contributed by atoms with Crippen molar-refractivity contribution in [3.8, 4) is 0 Å². The van der Waals surface area contributed by atoms with E-state index in [-0.39, 0.29) is 0 Å². The van der Waals surface area contributed by atoms with Crippen molar-refractivity contribution in [3.05, 3.63) is 66.0 Å². The highest BCUT2D eigenvalue weighted by molar-refractivity contribution is 14.1. The van der Waals surface area contributed by atoms with E-state index in [0.717, 1.165) is 11.2 Å². The van der Waals surface area contributed by atoms with Crippen LogP contribution in [-0.4, -0.2) is 7.18 Å². The SMILES string of the molecule is In1c2cccc3c4sccc4n4c5c6ccccc6oc5c5ccc1c(c32)c54. The number of furan rings is 1. The van der Waals surface area contributed by atoms with Crippen molar-refractivity contribution in [2.24, 2.45) is 0 Å². The first kappa shape index (κ1) is 15.1. The van der Waals surface area contributed by atoms with Gasteiger partial charge in [0.15, 0.2) is 5.58 Å². The summed E-state index contributed by atoms with van der Waals surface area (Å²) in [5.74, 6) is 0. The summed E-state index contributed by atoms with van der Waals surface area (Å²) in [5.41, 5.74) is 8.12. The molecular formula is C24H11IN2OS. The highest BCUT2D eigenvalue weighted by Crippen LogP contribution is 2.47. The summed E-state index contributed by atoms with van der Waals surface area (Å²) in [7, 11) is 0. The second-order valence-electron chi connectivity index (χ2n) is 7.58.